The zero-order valence-electron chi connectivity index (χ0n) is 11.7. The monoisotopic (exact) mass is 285 g/mol. The Bertz CT molecular complexity index is 458. The van der Waals surface area contributed by atoms with E-state index in [0.717, 1.165) is 0 Å². The number of carbonyl (C=O) groups is 1. The van der Waals surface area contributed by atoms with Gasteiger partial charge in [-0.1, -0.05) is 11.6 Å². The number of halogens is 1. The van der Waals surface area contributed by atoms with E-state index in [0.29, 0.717) is 22.9 Å². The highest BCUT2D eigenvalue weighted by atomic mass is 35.5. The van der Waals surface area contributed by atoms with Crippen molar-refractivity contribution in [1.29, 1.82) is 0 Å². The number of pyridine rings is 1. The molecule has 1 aromatic heterocycles. The lowest BCUT2D eigenvalue weighted by molar-refractivity contribution is 0.0367. The van der Waals surface area contributed by atoms with Crippen LogP contribution in [0.1, 0.15) is 31.1 Å². The SMILES string of the molecule is CCNc1ncc(C(=O)N(C)CC(C)(C)O)cc1Cl. The summed E-state index contributed by atoms with van der Waals surface area (Å²) in [5.74, 6) is 0.338. The van der Waals surface area contributed by atoms with E-state index in [-0.39, 0.29) is 12.5 Å². The molecule has 0 aliphatic heterocycles. The molecule has 2 N–H and O–H groups in total. The van der Waals surface area contributed by atoms with Crippen molar-refractivity contribution in [3.63, 3.8) is 0 Å². The number of hydrogen-bond acceptors (Lipinski definition) is 4. The number of rotatable bonds is 5. The molecule has 1 rings (SSSR count). The molecule has 1 heterocycles. The van der Waals surface area contributed by atoms with Crippen molar-refractivity contribution >= 4 is 23.3 Å². The first-order valence-corrected chi connectivity index (χ1v) is 6.49. The average molecular weight is 286 g/mol. The first-order chi connectivity index (χ1) is 8.74. The summed E-state index contributed by atoms with van der Waals surface area (Å²) in [5.41, 5.74) is -0.538. The summed E-state index contributed by atoms with van der Waals surface area (Å²) in [5, 5.41) is 13.1. The highest BCUT2D eigenvalue weighted by molar-refractivity contribution is 6.33. The van der Waals surface area contributed by atoms with Crippen LogP contribution < -0.4 is 5.32 Å². The maximum Gasteiger partial charge on any atom is 0.255 e. The van der Waals surface area contributed by atoms with Gasteiger partial charge < -0.3 is 15.3 Å². The van der Waals surface area contributed by atoms with Gasteiger partial charge >= 0.3 is 0 Å². The number of carbonyl (C=O) groups excluding carboxylic acids is 1. The van der Waals surface area contributed by atoms with Crippen LogP contribution in [-0.4, -0.2) is 46.6 Å². The molecule has 0 radical (unpaired) electrons. The van der Waals surface area contributed by atoms with Crippen molar-refractivity contribution in [2.45, 2.75) is 26.4 Å². The Morgan fingerprint density at radius 3 is 2.68 bits per heavy atom. The summed E-state index contributed by atoms with van der Waals surface area (Å²) in [4.78, 5) is 17.7. The second-order valence-electron chi connectivity index (χ2n) is 5.06. The molecule has 0 aliphatic rings. The number of aliphatic hydroxyl groups is 1. The molecule has 0 atom stereocenters. The van der Waals surface area contributed by atoms with Crippen LogP contribution in [0.5, 0.6) is 0 Å². The van der Waals surface area contributed by atoms with Crippen molar-refractivity contribution in [2.24, 2.45) is 0 Å². The molecule has 6 heteroatoms. The van der Waals surface area contributed by atoms with E-state index in [1.165, 1.54) is 11.1 Å². The van der Waals surface area contributed by atoms with Crippen LogP contribution >= 0.6 is 11.6 Å². The molecule has 0 fully saturated rings. The quantitative estimate of drug-likeness (QED) is 0.868. The van der Waals surface area contributed by atoms with Crippen LogP contribution in [0.3, 0.4) is 0 Å². The highest BCUT2D eigenvalue weighted by Crippen LogP contribution is 2.20. The molecule has 1 aromatic rings. The Hall–Kier alpha value is -1.33. The molecule has 1 amide bonds. The van der Waals surface area contributed by atoms with Gasteiger partial charge in [-0.3, -0.25) is 4.79 Å². The molecule has 0 aromatic carbocycles. The number of nitrogens with one attached hydrogen (secondary N) is 1. The minimum atomic E-state index is -0.939. The van der Waals surface area contributed by atoms with Crippen LogP contribution in [0.2, 0.25) is 5.02 Å². The van der Waals surface area contributed by atoms with Crippen molar-refractivity contribution in [3.8, 4) is 0 Å². The molecule has 5 nitrogen and oxygen atoms in total. The van der Waals surface area contributed by atoms with Gasteiger partial charge in [0.25, 0.3) is 5.91 Å². The molecule has 0 bridgehead atoms. The summed E-state index contributed by atoms with van der Waals surface area (Å²) >= 11 is 6.04. The third-order valence-electron chi connectivity index (χ3n) is 2.40. The summed E-state index contributed by atoms with van der Waals surface area (Å²) in [6, 6.07) is 1.58. The van der Waals surface area contributed by atoms with E-state index in [2.05, 4.69) is 10.3 Å². The molecule has 0 spiro atoms. The van der Waals surface area contributed by atoms with Gasteiger partial charge in [0.1, 0.15) is 5.82 Å². The smallest absolute Gasteiger partial charge is 0.255 e. The molecular formula is C13H20ClN3O2. The fraction of sp³-hybridized carbons (Fsp3) is 0.538. The lowest BCUT2D eigenvalue weighted by Gasteiger charge is -2.25. The summed E-state index contributed by atoms with van der Waals surface area (Å²) in [6.45, 7) is 6.18. The Morgan fingerprint density at radius 1 is 1.58 bits per heavy atom. The third kappa shape index (κ3) is 4.69. The van der Waals surface area contributed by atoms with Gasteiger partial charge in [-0.2, -0.15) is 0 Å². The van der Waals surface area contributed by atoms with Gasteiger partial charge in [0.2, 0.25) is 0 Å². The van der Waals surface area contributed by atoms with E-state index in [9.17, 15) is 9.90 Å². The number of anilines is 1. The minimum absolute atomic E-state index is 0.223. The predicted molar refractivity (Wildman–Crippen MR) is 76.7 cm³/mol. The Balaban J connectivity index is 2.86. The van der Waals surface area contributed by atoms with Crippen molar-refractivity contribution in [1.82, 2.24) is 9.88 Å². The van der Waals surface area contributed by atoms with Crippen LogP contribution in [0, 0.1) is 0 Å². The molecular weight excluding hydrogens is 266 g/mol. The van der Waals surface area contributed by atoms with Crippen molar-refractivity contribution in [2.75, 3.05) is 25.5 Å². The maximum absolute atomic E-state index is 12.1. The molecule has 0 saturated carbocycles. The van der Waals surface area contributed by atoms with Crippen LogP contribution in [0.25, 0.3) is 0 Å². The lowest BCUT2D eigenvalue weighted by atomic mass is 10.1. The fourth-order valence-corrected chi connectivity index (χ4v) is 1.96. The summed E-state index contributed by atoms with van der Waals surface area (Å²) in [7, 11) is 1.63. The maximum atomic E-state index is 12.1. The largest absolute Gasteiger partial charge is 0.389 e. The third-order valence-corrected chi connectivity index (χ3v) is 2.69. The first-order valence-electron chi connectivity index (χ1n) is 6.12. The van der Waals surface area contributed by atoms with E-state index >= 15 is 0 Å². The van der Waals surface area contributed by atoms with Gasteiger partial charge in [0, 0.05) is 26.3 Å². The molecule has 106 valence electrons. The second kappa shape index (κ2) is 6.21. The number of aromatic nitrogens is 1. The first kappa shape index (κ1) is 15.7. The summed E-state index contributed by atoms with van der Waals surface area (Å²) in [6.07, 6.45) is 1.48. The molecule has 0 aliphatic carbocycles. The Kier molecular flexibility index (Phi) is 5.14. The van der Waals surface area contributed by atoms with Crippen molar-refractivity contribution < 1.29 is 9.90 Å². The fourth-order valence-electron chi connectivity index (χ4n) is 1.72. The molecule has 0 unspecified atom stereocenters. The van der Waals surface area contributed by atoms with Crippen LogP contribution in [-0.2, 0) is 0 Å². The van der Waals surface area contributed by atoms with Crippen molar-refractivity contribution in [3.05, 3.63) is 22.8 Å². The van der Waals surface area contributed by atoms with Crippen LogP contribution in [0.15, 0.2) is 12.3 Å². The topological polar surface area (TPSA) is 65.5 Å². The van der Waals surface area contributed by atoms with Gasteiger partial charge in [-0.15, -0.1) is 0 Å². The number of hydrogen-bond donors (Lipinski definition) is 2. The highest BCUT2D eigenvalue weighted by Gasteiger charge is 2.21. The Morgan fingerprint density at radius 2 is 2.21 bits per heavy atom. The van der Waals surface area contributed by atoms with Crippen LogP contribution in [0.4, 0.5) is 5.82 Å². The predicted octanol–water partition coefficient (Wildman–Crippen LogP) is 2.01. The lowest BCUT2D eigenvalue weighted by Crippen LogP contribution is -2.39. The second-order valence-corrected chi connectivity index (χ2v) is 5.47. The van der Waals surface area contributed by atoms with Gasteiger partial charge in [0.15, 0.2) is 0 Å². The normalized spacial score (nSPS) is 11.3. The number of nitrogens with zero attached hydrogens (tertiary/aromatic N) is 2. The number of amides is 1. The summed E-state index contributed by atoms with van der Waals surface area (Å²) < 4.78 is 0. The minimum Gasteiger partial charge on any atom is -0.389 e. The van der Waals surface area contributed by atoms with E-state index in [1.54, 1.807) is 27.0 Å². The van der Waals surface area contributed by atoms with Gasteiger partial charge in [-0.25, -0.2) is 4.98 Å². The average Bonchev–Trinajstić information content (AvgIpc) is 2.29. The van der Waals surface area contributed by atoms with E-state index in [1.807, 2.05) is 6.92 Å². The van der Waals surface area contributed by atoms with Gasteiger partial charge in [-0.05, 0) is 26.8 Å². The molecule has 0 saturated heterocycles. The zero-order chi connectivity index (χ0) is 14.6. The molecule has 19 heavy (non-hydrogen) atoms. The zero-order valence-corrected chi connectivity index (χ0v) is 12.5. The van der Waals surface area contributed by atoms with E-state index in [4.69, 9.17) is 11.6 Å². The standard InChI is InChI=1S/C13H20ClN3O2/c1-5-15-11-10(14)6-9(7-16-11)12(18)17(4)8-13(2,3)19/h6-7,19H,5,8H2,1-4H3,(H,15,16). The number of likely N-dealkylation sites (N-methyl/N-ethyl adjacent to an activating group) is 1. The Labute approximate surface area is 118 Å². The van der Waals surface area contributed by atoms with Gasteiger partial charge in [0.05, 0.1) is 16.2 Å². The van der Waals surface area contributed by atoms with E-state index < -0.39 is 5.60 Å².